The van der Waals surface area contributed by atoms with Crippen molar-refractivity contribution in [1.82, 2.24) is 19.9 Å². The van der Waals surface area contributed by atoms with Crippen LogP contribution in [-0.4, -0.2) is 43.9 Å². The van der Waals surface area contributed by atoms with E-state index < -0.39 is 10.0 Å². The predicted molar refractivity (Wildman–Crippen MR) is 104 cm³/mol. The van der Waals surface area contributed by atoms with E-state index in [-0.39, 0.29) is 0 Å². The summed E-state index contributed by atoms with van der Waals surface area (Å²) in [6, 6.07) is 9.01. The van der Waals surface area contributed by atoms with Crippen LogP contribution in [-0.2, 0) is 10.0 Å². The molecule has 2 saturated heterocycles. The summed E-state index contributed by atoms with van der Waals surface area (Å²) in [6.07, 6.45) is 1.83. The van der Waals surface area contributed by atoms with Gasteiger partial charge in [-0.3, -0.25) is 0 Å². The number of sulfonamides is 1. The third-order valence-corrected chi connectivity index (χ3v) is 7.43. The zero-order valence-electron chi connectivity index (χ0n) is 14.6. The molecule has 140 valence electrons. The lowest BCUT2D eigenvalue weighted by Gasteiger charge is -2.15. The Balaban J connectivity index is 1.59. The Labute approximate surface area is 162 Å². The van der Waals surface area contributed by atoms with Crippen LogP contribution in [0.3, 0.4) is 0 Å². The Morgan fingerprint density at radius 2 is 1.81 bits per heavy atom. The molecule has 3 heterocycles. The van der Waals surface area contributed by atoms with Crippen molar-refractivity contribution in [3.05, 3.63) is 40.5 Å². The molecule has 0 spiro atoms. The van der Waals surface area contributed by atoms with Crippen LogP contribution in [0.1, 0.15) is 17.8 Å². The smallest absolute Gasteiger partial charge is 0.243 e. The quantitative estimate of drug-likeness (QED) is 0.760. The number of aromatic nitrogens is 1. The van der Waals surface area contributed by atoms with Gasteiger partial charge in [0.15, 0.2) is 0 Å². The van der Waals surface area contributed by atoms with Gasteiger partial charge in [0.2, 0.25) is 10.0 Å². The van der Waals surface area contributed by atoms with Crippen LogP contribution in [0.5, 0.6) is 0 Å². The van der Waals surface area contributed by atoms with Gasteiger partial charge in [-0.1, -0.05) is 12.1 Å². The maximum atomic E-state index is 12.6. The van der Waals surface area contributed by atoms with Crippen molar-refractivity contribution in [2.75, 3.05) is 26.2 Å². The summed E-state index contributed by atoms with van der Waals surface area (Å²) in [6.45, 7) is 2.75. The van der Waals surface area contributed by atoms with Gasteiger partial charge in [-0.2, -0.15) is 9.57 Å². The van der Waals surface area contributed by atoms with Crippen molar-refractivity contribution in [1.29, 1.82) is 5.26 Å². The fraction of sp³-hybridized carbons (Fsp3) is 0.333. The van der Waals surface area contributed by atoms with Crippen LogP contribution in [0.2, 0.25) is 0 Å². The molecular formula is C18H19N5O2S2. The van der Waals surface area contributed by atoms with Gasteiger partial charge in [0.05, 0.1) is 10.6 Å². The van der Waals surface area contributed by atoms with Gasteiger partial charge in [-0.05, 0) is 25.0 Å². The second-order valence-corrected chi connectivity index (χ2v) is 9.18. The lowest BCUT2D eigenvalue weighted by molar-refractivity contribution is 0.477. The minimum atomic E-state index is -3.41. The Morgan fingerprint density at radius 3 is 2.44 bits per heavy atom. The zero-order chi connectivity index (χ0) is 18.9. The van der Waals surface area contributed by atoms with Crippen molar-refractivity contribution in [2.45, 2.75) is 17.7 Å². The Morgan fingerprint density at radius 1 is 1.15 bits per heavy atom. The first-order valence-corrected chi connectivity index (χ1v) is 11.1. The van der Waals surface area contributed by atoms with Crippen LogP contribution in [0, 0.1) is 11.3 Å². The maximum absolute atomic E-state index is 12.6. The van der Waals surface area contributed by atoms with Crippen LogP contribution in [0.25, 0.3) is 16.8 Å². The molecule has 2 aliphatic heterocycles. The van der Waals surface area contributed by atoms with Crippen molar-refractivity contribution >= 4 is 26.9 Å². The fourth-order valence-electron chi connectivity index (χ4n) is 3.22. The highest BCUT2D eigenvalue weighted by Crippen LogP contribution is 2.29. The fourth-order valence-corrected chi connectivity index (χ4v) is 5.57. The van der Waals surface area contributed by atoms with Crippen molar-refractivity contribution in [3.8, 4) is 17.3 Å². The Bertz CT molecular complexity index is 1000. The van der Waals surface area contributed by atoms with Crippen LogP contribution >= 0.6 is 11.3 Å². The summed E-state index contributed by atoms with van der Waals surface area (Å²) in [5, 5.41) is 18.3. The molecule has 2 aliphatic rings. The van der Waals surface area contributed by atoms with E-state index in [4.69, 9.17) is 0 Å². The third kappa shape index (κ3) is 3.43. The molecule has 0 aliphatic carbocycles. The molecule has 0 saturated carbocycles. The molecular weight excluding hydrogens is 382 g/mol. The third-order valence-electron chi connectivity index (χ3n) is 4.66. The van der Waals surface area contributed by atoms with Gasteiger partial charge in [0.1, 0.15) is 22.5 Å². The second kappa shape index (κ2) is 7.31. The van der Waals surface area contributed by atoms with E-state index in [0.29, 0.717) is 34.4 Å². The molecule has 7 nitrogen and oxygen atoms in total. The van der Waals surface area contributed by atoms with Gasteiger partial charge in [0.25, 0.3) is 0 Å². The van der Waals surface area contributed by atoms with E-state index >= 15 is 0 Å². The number of thiazole rings is 1. The van der Waals surface area contributed by atoms with Crippen LogP contribution in [0.4, 0.5) is 0 Å². The van der Waals surface area contributed by atoms with Gasteiger partial charge < -0.3 is 10.6 Å². The average Bonchev–Trinajstić information content (AvgIpc) is 3.45. The minimum Gasteiger partial charge on any atom is -0.369 e. The first-order valence-electron chi connectivity index (χ1n) is 8.78. The Kier molecular flexibility index (Phi) is 4.86. The molecule has 0 unspecified atom stereocenters. The molecule has 4 rings (SSSR count). The lowest BCUT2D eigenvalue weighted by Crippen LogP contribution is -2.27. The highest BCUT2D eigenvalue weighted by molar-refractivity contribution is 7.89. The number of nitriles is 1. The molecule has 1 aromatic carbocycles. The van der Waals surface area contributed by atoms with Crippen LogP contribution < -0.4 is 10.6 Å². The van der Waals surface area contributed by atoms with E-state index in [2.05, 4.69) is 21.7 Å². The molecule has 9 heteroatoms. The van der Waals surface area contributed by atoms with E-state index in [1.54, 1.807) is 24.3 Å². The average molecular weight is 402 g/mol. The number of hydrogen-bond acceptors (Lipinski definition) is 7. The molecule has 0 radical (unpaired) electrons. The lowest BCUT2D eigenvalue weighted by atomic mass is 10.2. The topological polar surface area (TPSA) is 98.1 Å². The molecule has 2 N–H and O–H groups in total. The minimum absolute atomic E-state index is 0.308. The number of allylic oxidation sites excluding steroid dienone is 1. The van der Waals surface area contributed by atoms with Gasteiger partial charge >= 0.3 is 0 Å². The first-order chi connectivity index (χ1) is 13.1. The summed E-state index contributed by atoms with van der Waals surface area (Å²) in [7, 11) is -3.41. The molecule has 2 aromatic rings. The maximum Gasteiger partial charge on any atom is 0.243 e. The number of nitrogens with one attached hydrogen (secondary N) is 2. The van der Waals surface area contributed by atoms with Crippen molar-refractivity contribution in [3.63, 3.8) is 0 Å². The van der Waals surface area contributed by atoms with E-state index in [1.165, 1.54) is 15.6 Å². The summed E-state index contributed by atoms with van der Waals surface area (Å²) < 4.78 is 26.8. The van der Waals surface area contributed by atoms with Crippen molar-refractivity contribution in [2.24, 2.45) is 0 Å². The largest absolute Gasteiger partial charge is 0.369 e. The normalized spacial score (nSPS) is 17.4. The summed E-state index contributed by atoms with van der Waals surface area (Å²) in [5.41, 5.74) is 2.05. The zero-order valence-corrected chi connectivity index (χ0v) is 16.2. The number of hydrogen-bond donors (Lipinski definition) is 2. The van der Waals surface area contributed by atoms with Gasteiger partial charge in [-0.15, -0.1) is 11.3 Å². The molecule has 0 bridgehead atoms. The molecule has 0 atom stereocenters. The van der Waals surface area contributed by atoms with Gasteiger partial charge in [0, 0.05) is 37.1 Å². The standard InChI is InChI=1S/C18H19N5O2S2/c19-11-15(17-20-7-8-21-17)18-22-16(12-26-18)13-3-5-14(6-4-13)27(24,25)23-9-1-2-10-23/h3-6,12,20-21H,1-2,7-10H2. The monoisotopic (exact) mass is 401 g/mol. The Hall–Kier alpha value is -2.41. The summed E-state index contributed by atoms with van der Waals surface area (Å²) >= 11 is 1.40. The molecule has 1 aromatic heterocycles. The number of nitrogens with zero attached hydrogens (tertiary/aromatic N) is 3. The highest BCUT2D eigenvalue weighted by Gasteiger charge is 2.27. The highest BCUT2D eigenvalue weighted by atomic mass is 32.2. The van der Waals surface area contributed by atoms with E-state index in [9.17, 15) is 13.7 Å². The summed E-state index contributed by atoms with van der Waals surface area (Å²) in [4.78, 5) is 4.87. The SMILES string of the molecule is N#CC(=C1NCCN1)c1nc(-c2ccc(S(=O)(=O)N3CCCC3)cc2)cs1. The molecule has 0 amide bonds. The van der Waals surface area contributed by atoms with Crippen molar-refractivity contribution < 1.29 is 8.42 Å². The molecule has 2 fully saturated rings. The van der Waals surface area contributed by atoms with E-state index in [0.717, 1.165) is 37.2 Å². The number of benzene rings is 1. The van der Waals surface area contributed by atoms with Gasteiger partial charge in [-0.25, -0.2) is 13.4 Å². The summed E-state index contributed by atoms with van der Waals surface area (Å²) in [5.74, 6) is 0.713. The second-order valence-electron chi connectivity index (χ2n) is 6.39. The van der Waals surface area contributed by atoms with E-state index in [1.807, 2.05) is 5.38 Å². The predicted octanol–water partition coefficient (Wildman–Crippen LogP) is 1.98. The number of rotatable bonds is 4. The first kappa shape index (κ1) is 18.0. The van der Waals surface area contributed by atoms with Crippen LogP contribution in [0.15, 0.2) is 40.4 Å². The molecule has 27 heavy (non-hydrogen) atoms.